The van der Waals surface area contributed by atoms with Gasteiger partial charge in [0.1, 0.15) is 0 Å². The summed E-state index contributed by atoms with van der Waals surface area (Å²) in [4.78, 5) is 25.8. The van der Waals surface area contributed by atoms with Crippen molar-refractivity contribution in [3.63, 3.8) is 0 Å². The Kier molecular flexibility index (Phi) is 3.90. The Hall–Kier alpha value is -2.63. The summed E-state index contributed by atoms with van der Waals surface area (Å²) in [5.74, 6) is -1.86. The molecule has 1 aromatic heterocycles. The summed E-state index contributed by atoms with van der Waals surface area (Å²) in [6.45, 7) is 2.49. The van der Waals surface area contributed by atoms with Crippen LogP contribution in [-0.2, 0) is 11.8 Å². The number of nitrogens with zero attached hydrogens (tertiary/aromatic N) is 3. The zero-order valence-corrected chi connectivity index (χ0v) is 13.1. The molecule has 0 spiro atoms. The number of rotatable bonds is 3. The van der Waals surface area contributed by atoms with Crippen LogP contribution < -0.4 is 0 Å². The molecule has 0 saturated carbocycles. The molecule has 6 heteroatoms. The molecule has 2 unspecified atom stereocenters. The highest BCUT2D eigenvalue weighted by Gasteiger charge is 2.41. The van der Waals surface area contributed by atoms with Crippen LogP contribution in [0, 0.1) is 12.8 Å². The third-order valence-corrected chi connectivity index (χ3v) is 4.48. The van der Waals surface area contributed by atoms with E-state index in [-0.39, 0.29) is 18.4 Å². The lowest BCUT2D eigenvalue weighted by molar-refractivity contribution is -0.141. The average molecular weight is 313 g/mol. The van der Waals surface area contributed by atoms with Crippen molar-refractivity contribution in [2.75, 3.05) is 13.1 Å². The first-order valence-electron chi connectivity index (χ1n) is 7.55. The van der Waals surface area contributed by atoms with Crippen LogP contribution in [0.2, 0.25) is 0 Å². The van der Waals surface area contributed by atoms with E-state index in [2.05, 4.69) is 5.10 Å². The fraction of sp³-hybridized carbons (Fsp3) is 0.353. The number of amides is 1. The van der Waals surface area contributed by atoms with Crippen molar-refractivity contribution in [2.24, 2.45) is 13.0 Å². The highest BCUT2D eigenvalue weighted by Crippen LogP contribution is 2.33. The lowest BCUT2D eigenvalue weighted by Crippen LogP contribution is -2.30. The van der Waals surface area contributed by atoms with E-state index in [0.717, 1.165) is 11.3 Å². The third-order valence-electron chi connectivity index (χ3n) is 4.48. The van der Waals surface area contributed by atoms with Crippen molar-refractivity contribution in [1.82, 2.24) is 14.7 Å². The van der Waals surface area contributed by atoms with Crippen molar-refractivity contribution >= 4 is 11.9 Å². The van der Waals surface area contributed by atoms with Gasteiger partial charge in [0.25, 0.3) is 5.91 Å². The van der Waals surface area contributed by atoms with Gasteiger partial charge in [0, 0.05) is 31.7 Å². The molecule has 1 amide bonds. The standard InChI is InChI=1S/C17H19N3O3/c1-11-8-15(18-19(11)2)16(21)20-9-13(14(10-20)17(22)23)12-6-4-3-5-7-12/h3-8,13-14H,9-10H2,1-2H3,(H,22,23). The number of aryl methyl sites for hydroxylation is 2. The molecule has 1 aliphatic rings. The van der Waals surface area contributed by atoms with E-state index >= 15 is 0 Å². The summed E-state index contributed by atoms with van der Waals surface area (Å²) in [7, 11) is 1.78. The number of likely N-dealkylation sites (tertiary alicyclic amines) is 1. The summed E-state index contributed by atoms with van der Waals surface area (Å²) in [6.07, 6.45) is 0. The summed E-state index contributed by atoms with van der Waals surface area (Å²) >= 11 is 0. The number of carbonyl (C=O) groups is 2. The molecular formula is C17H19N3O3. The Labute approximate surface area is 134 Å². The predicted molar refractivity (Wildman–Crippen MR) is 84.2 cm³/mol. The van der Waals surface area contributed by atoms with E-state index in [0.29, 0.717) is 12.2 Å². The molecule has 23 heavy (non-hydrogen) atoms. The van der Waals surface area contributed by atoms with Gasteiger partial charge in [0.2, 0.25) is 0 Å². The quantitative estimate of drug-likeness (QED) is 0.935. The van der Waals surface area contributed by atoms with E-state index in [1.54, 1.807) is 22.7 Å². The number of aliphatic carboxylic acids is 1. The van der Waals surface area contributed by atoms with Gasteiger partial charge in [-0.25, -0.2) is 0 Å². The molecule has 0 aliphatic carbocycles. The van der Waals surface area contributed by atoms with Crippen molar-refractivity contribution < 1.29 is 14.7 Å². The number of carboxylic acid groups (broad SMARTS) is 1. The van der Waals surface area contributed by atoms with Gasteiger partial charge < -0.3 is 10.0 Å². The lowest BCUT2D eigenvalue weighted by Gasteiger charge is -2.15. The normalized spacial score (nSPS) is 20.7. The van der Waals surface area contributed by atoms with Gasteiger partial charge in [0.15, 0.2) is 5.69 Å². The predicted octanol–water partition coefficient (Wildman–Crippen LogP) is 1.67. The number of hydrogen-bond donors (Lipinski definition) is 1. The van der Waals surface area contributed by atoms with Gasteiger partial charge in [-0.15, -0.1) is 0 Å². The van der Waals surface area contributed by atoms with Gasteiger partial charge in [-0.1, -0.05) is 30.3 Å². The monoisotopic (exact) mass is 313 g/mol. The average Bonchev–Trinajstić information content (AvgIpc) is 3.12. The van der Waals surface area contributed by atoms with Gasteiger partial charge in [0.05, 0.1) is 5.92 Å². The van der Waals surface area contributed by atoms with E-state index in [4.69, 9.17) is 0 Å². The number of benzene rings is 1. The van der Waals surface area contributed by atoms with E-state index in [9.17, 15) is 14.7 Å². The highest BCUT2D eigenvalue weighted by atomic mass is 16.4. The topological polar surface area (TPSA) is 75.4 Å². The molecule has 1 N–H and O–H groups in total. The minimum Gasteiger partial charge on any atom is -0.481 e. The second-order valence-corrected chi connectivity index (χ2v) is 5.97. The molecule has 2 aromatic rings. The number of carbonyl (C=O) groups excluding carboxylic acids is 1. The molecule has 0 bridgehead atoms. The van der Waals surface area contributed by atoms with Crippen LogP contribution in [0.1, 0.15) is 27.7 Å². The minimum atomic E-state index is -0.869. The molecule has 1 aromatic carbocycles. The fourth-order valence-corrected chi connectivity index (χ4v) is 3.08. The van der Waals surface area contributed by atoms with E-state index < -0.39 is 11.9 Å². The second kappa shape index (κ2) is 5.87. The summed E-state index contributed by atoms with van der Waals surface area (Å²) in [6, 6.07) is 11.2. The first-order valence-corrected chi connectivity index (χ1v) is 7.55. The molecule has 2 heterocycles. The lowest BCUT2D eigenvalue weighted by atomic mass is 9.89. The van der Waals surface area contributed by atoms with Crippen molar-refractivity contribution in [1.29, 1.82) is 0 Å². The highest BCUT2D eigenvalue weighted by molar-refractivity contribution is 5.93. The molecular weight excluding hydrogens is 294 g/mol. The van der Waals surface area contributed by atoms with E-state index in [1.807, 2.05) is 37.3 Å². The summed E-state index contributed by atoms with van der Waals surface area (Å²) < 4.78 is 1.65. The molecule has 6 nitrogen and oxygen atoms in total. The van der Waals surface area contributed by atoms with Gasteiger partial charge in [-0.2, -0.15) is 5.10 Å². The Bertz CT molecular complexity index is 719. The Morgan fingerprint density at radius 2 is 1.91 bits per heavy atom. The Morgan fingerprint density at radius 1 is 1.22 bits per heavy atom. The van der Waals surface area contributed by atoms with Crippen LogP contribution in [0.5, 0.6) is 0 Å². The van der Waals surface area contributed by atoms with Crippen LogP contribution in [0.25, 0.3) is 0 Å². The SMILES string of the molecule is Cc1cc(C(=O)N2CC(C(=O)O)C(c3ccccc3)C2)nn1C. The largest absolute Gasteiger partial charge is 0.481 e. The zero-order valence-electron chi connectivity index (χ0n) is 13.1. The molecule has 2 atom stereocenters. The maximum atomic E-state index is 12.6. The summed E-state index contributed by atoms with van der Waals surface area (Å²) in [5, 5.41) is 13.7. The van der Waals surface area contributed by atoms with Crippen LogP contribution in [0.3, 0.4) is 0 Å². The molecule has 1 aliphatic heterocycles. The summed E-state index contributed by atoms with van der Waals surface area (Å²) in [5.41, 5.74) is 2.21. The van der Waals surface area contributed by atoms with E-state index in [1.165, 1.54) is 0 Å². The van der Waals surface area contributed by atoms with Crippen molar-refractivity contribution in [3.8, 4) is 0 Å². The van der Waals surface area contributed by atoms with Crippen molar-refractivity contribution in [2.45, 2.75) is 12.8 Å². The Balaban J connectivity index is 1.85. The Morgan fingerprint density at radius 3 is 2.48 bits per heavy atom. The molecule has 1 fully saturated rings. The minimum absolute atomic E-state index is 0.192. The number of hydrogen-bond acceptors (Lipinski definition) is 3. The van der Waals surface area contributed by atoms with Crippen LogP contribution in [-0.4, -0.2) is 44.8 Å². The van der Waals surface area contributed by atoms with Crippen LogP contribution >= 0.6 is 0 Å². The molecule has 120 valence electrons. The third kappa shape index (κ3) is 2.84. The number of carboxylic acids is 1. The first-order chi connectivity index (χ1) is 11.0. The fourth-order valence-electron chi connectivity index (χ4n) is 3.08. The van der Waals surface area contributed by atoms with Crippen LogP contribution in [0.15, 0.2) is 36.4 Å². The maximum Gasteiger partial charge on any atom is 0.308 e. The number of aromatic nitrogens is 2. The van der Waals surface area contributed by atoms with Gasteiger partial charge in [-0.05, 0) is 18.6 Å². The molecule has 0 radical (unpaired) electrons. The van der Waals surface area contributed by atoms with Gasteiger partial charge >= 0.3 is 5.97 Å². The first kappa shape index (κ1) is 15.3. The second-order valence-electron chi connectivity index (χ2n) is 5.97. The molecule has 1 saturated heterocycles. The van der Waals surface area contributed by atoms with Gasteiger partial charge in [-0.3, -0.25) is 14.3 Å². The van der Waals surface area contributed by atoms with Crippen LogP contribution in [0.4, 0.5) is 0 Å². The molecule has 3 rings (SSSR count). The smallest absolute Gasteiger partial charge is 0.308 e. The van der Waals surface area contributed by atoms with Crippen molar-refractivity contribution in [3.05, 3.63) is 53.3 Å². The maximum absolute atomic E-state index is 12.6. The zero-order chi connectivity index (χ0) is 16.6.